The molecule has 0 aliphatic carbocycles. The summed E-state index contributed by atoms with van der Waals surface area (Å²) in [6, 6.07) is 9.87. The fourth-order valence-corrected chi connectivity index (χ4v) is 2.56. The number of aliphatic hydroxyl groups excluding tert-OH is 1. The smallest absolute Gasteiger partial charge is 0.219 e. The molecule has 0 saturated carbocycles. The Hall–Kier alpha value is -1.81. The van der Waals surface area contributed by atoms with Gasteiger partial charge in [0, 0.05) is 12.3 Å². The lowest BCUT2D eigenvalue weighted by atomic mass is 9.48. The van der Waals surface area contributed by atoms with E-state index in [0.717, 1.165) is 17.7 Å². The standard InChI is InChI=1S/C15H16BNO2/c1-16-7-6-12-8-13(3-4-14(12)16)19-15-5-2-11(10-18)9-17-15/h2-5,8-9,18H,6-7,10H2,1H3. The van der Waals surface area contributed by atoms with Crippen LogP contribution in [-0.4, -0.2) is 16.8 Å². The van der Waals surface area contributed by atoms with Crippen LogP contribution in [0.15, 0.2) is 36.5 Å². The second-order valence-corrected chi connectivity index (χ2v) is 5.07. The molecular weight excluding hydrogens is 237 g/mol. The molecule has 0 fully saturated rings. The third-order valence-electron chi connectivity index (χ3n) is 3.69. The Labute approximate surface area is 113 Å². The zero-order chi connectivity index (χ0) is 13.2. The Bertz CT molecular complexity index is 583. The first-order valence-electron chi connectivity index (χ1n) is 6.63. The Kier molecular flexibility index (Phi) is 3.26. The highest BCUT2D eigenvalue weighted by Crippen LogP contribution is 2.23. The molecule has 96 valence electrons. The third kappa shape index (κ3) is 2.49. The molecule has 0 unspecified atom stereocenters. The minimum Gasteiger partial charge on any atom is -0.439 e. The molecule has 1 aromatic heterocycles. The molecular formula is C15H16BNO2. The zero-order valence-electron chi connectivity index (χ0n) is 11.0. The van der Waals surface area contributed by atoms with Crippen molar-refractivity contribution in [1.29, 1.82) is 0 Å². The topological polar surface area (TPSA) is 42.4 Å². The molecule has 1 aromatic carbocycles. The molecule has 2 aromatic rings. The van der Waals surface area contributed by atoms with Crippen molar-refractivity contribution in [2.75, 3.05) is 0 Å². The number of aryl methyl sites for hydroxylation is 1. The van der Waals surface area contributed by atoms with E-state index in [9.17, 15) is 0 Å². The van der Waals surface area contributed by atoms with Crippen molar-refractivity contribution >= 4 is 12.2 Å². The predicted octanol–water partition coefficient (Wildman–Crippen LogP) is 2.25. The van der Waals surface area contributed by atoms with Gasteiger partial charge in [0.25, 0.3) is 0 Å². The number of ether oxygens (including phenoxy) is 1. The number of rotatable bonds is 3. The largest absolute Gasteiger partial charge is 0.439 e. The molecule has 1 aliphatic heterocycles. The summed E-state index contributed by atoms with van der Waals surface area (Å²) in [6.45, 7) is 2.93. The second kappa shape index (κ2) is 5.06. The first-order valence-corrected chi connectivity index (χ1v) is 6.63. The van der Waals surface area contributed by atoms with Gasteiger partial charge in [-0.15, -0.1) is 0 Å². The van der Waals surface area contributed by atoms with Crippen molar-refractivity contribution in [1.82, 2.24) is 4.98 Å². The monoisotopic (exact) mass is 253 g/mol. The fourth-order valence-electron chi connectivity index (χ4n) is 2.56. The van der Waals surface area contributed by atoms with Crippen molar-refractivity contribution < 1.29 is 9.84 Å². The number of fused-ring (bicyclic) bond motifs is 1. The van der Waals surface area contributed by atoms with E-state index in [1.54, 1.807) is 12.3 Å². The summed E-state index contributed by atoms with van der Waals surface area (Å²) in [4.78, 5) is 4.17. The van der Waals surface area contributed by atoms with E-state index in [-0.39, 0.29) is 6.61 Å². The van der Waals surface area contributed by atoms with Crippen molar-refractivity contribution in [3.8, 4) is 11.6 Å². The molecule has 0 atom stereocenters. The highest BCUT2D eigenvalue weighted by molar-refractivity contribution is 6.73. The SMILES string of the molecule is CB1CCc2cc(Oc3ccc(CO)cn3)ccc21. The molecule has 4 heteroatoms. The van der Waals surface area contributed by atoms with Crippen molar-refractivity contribution in [3.05, 3.63) is 47.7 Å². The van der Waals surface area contributed by atoms with E-state index in [1.165, 1.54) is 17.3 Å². The Balaban J connectivity index is 1.79. The molecule has 0 amide bonds. The molecule has 2 heterocycles. The summed E-state index contributed by atoms with van der Waals surface area (Å²) in [5.74, 6) is 1.39. The lowest BCUT2D eigenvalue weighted by molar-refractivity contribution is 0.281. The van der Waals surface area contributed by atoms with Crippen LogP contribution in [0.3, 0.4) is 0 Å². The van der Waals surface area contributed by atoms with Crippen LogP contribution in [0.1, 0.15) is 11.1 Å². The minimum atomic E-state index is 0.00398. The van der Waals surface area contributed by atoms with Crippen LogP contribution in [0.4, 0.5) is 0 Å². The van der Waals surface area contributed by atoms with Crippen LogP contribution in [0.25, 0.3) is 0 Å². The number of nitrogens with zero attached hydrogens (tertiary/aromatic N) is 1. The predicted molar refractivity (Wildman–Crippen MR) is 76.4 cm³/mol. The molecule has 3 rings (SSSR count). The van der Waals surface area contributed by atoms with Gasteiger partial charge in [-0.3, -0.25) is 0 Å². The highest BCUT2D eigenvalue weighted by atomic mass is 16.5. The molecule has 19 heavy (non-hydrogen) atoms. The van der Waals surface area contributed by atoms with Crippen molar-refractivity contribution in [2.45, 2.75) is 26.2 Å². The quantitative estimate of drug-likeness (QED) is 0.853. The summed E-state index contributed by atoms with van der Waals surface area (Å²) in [7, 11) is 0. The average molecular weight is 253 g/mol. The lowest BCUT2D eigenvalue weighted by Gasteiger charge is -2.08. The van der Waals surface area contributed by atoms with E-state index >= 15 is 0 Å². The molecule has 3 nitrogen and oxygen atoms in total. The maximum absolute atomic E-state index is 8.97. The first kappa shape index (κ1) is 12.2. The molecule has 0 spiro atoms. The molecule has 0 saturated heterocycles. The normalized spacial score (nSPS) is 13.5. The van der Waals surface area contributed by atoms with Crippen LogP contribution in [0, 0.1) is 0 Å². The maximum Gasteiger partial charge on any atom is 0.219 e. The Morgan fingerprint density at radius 2 is 2.21 bits per heavy atom. The van der Waals surface area contributed by atoms with E-state index < -0.39 is 0 Å². The number of benzene rings is 1. The van der Waals surface area contributed by atoms with Gasteiger partial charge in [0.05, 0.1) is 6.61 Å². The van der Waals surface area contributed by atoms with Gasteiger partial charge in [-0.1, -0.05) is 30.2 Å². The van der Waals surface area contributed by atoms with E-state index in [4.69, 9.17) is 9.84 Å². The summed E-state index contributed by atoms with van der Waals surface area (Å²) in [5.41, 5.74) is 3.61. The summed E-state index contributed by atoms with van der Waals surface area (Å²) < 4.78 is 5.75. The van der Waals surface area contributed by atoms with Crippen LogP contribution in [0.5, 0.6) is 11.6 Å². The van der Waals surface area contributed by atoms with E-state index in [1.807, 2.05) is 12.1 Å². The van der Waals surface area contributed by atoms with Gasteiger partial charge in [-0.25, -0.2) is 4.98 Å². The van der Waals surface area contributed by atoms with Gasteiger partial charge in [0.1, 0.15) is 5.75 Å². The summed E-state index contributed by atoms with van der Waals surface area (Å²) in [6.07, 6.45) is 3.98. The lowest BCUT2D eigenvalue weighted by Crippen LogP contribution is -2.21. The molecule has 0 radical (unpaired) electrons. The minimum absolute atomic E-state index is 0.00398. The van der Waals surface area contributed by atoms with Crippen LogP contribution >= 0.6 is 0 Å². The van der Waals surface area contributed by atoms with Crippen molar-refractivity contribution in [3.63, 3.8) is 0 Å². The second-order valence-electron chi connectivity index (χ2n) is 5.07. The number of hydrogen-bond donors (Lipinski definition) is 1. The third-order valence-corrected chi connectivity index (χ3v) is 3.69. The van der Waals surface area contributed by atoms with E-state index in [0.29, 0.717) is 12.6 Å². The van der Waals surface area contributed by atoms with Gasteiger partial charge in [-0.05, 0) is 30.2 Å². The molecule has 0 bridgehead atoms. The van der Waals surface area contributed by atoms with Crippen LogP contribution in [0.2, 0.25) is 13.1 Å². The highest BCUT2D eigenvalue weighted by Gasteiger charge is 2.21. The Morgan fingerprint density at radius 3 is 2.95 bits per heavy atom. The summed E-state index contributed by atoms with van der Waals surface area (Å²) >= 11 is 0. The fraction of sp³-hybridized carbons (Fsp3) is 0.267. The van der Waals surface area contributed by atoms with Crippen molar-refractivity contribution in [2.24, 2.45) is 0 Å². The molecule has 1 aliphatic rings. The van der Waals surface area contributed by atoms with Gasteiger partial charge < -0.3 is 9.84 Å². The van der Waals surface area contributed by atoms with Gasteiger partial charge in [-0.2, -0.15) is 0 Å². The Morgan fingerprint density at radius 1 is 1.32 bits per heavy atom. The van der Waals surface area contributed by atoms with Gasteiger partial charge in [0.2, 0.25) is 5.88 Å². The number of hydrogen-bond acceptors (Lipinski definition) is 3. The molecule has 1 N–H and O–H groups in total. The van der Waals surface area contributed by atoms with E-state index in [2.05, 4.69) is 23.9 Å². The number of aliphatic hydroxyl groups is 1. The maximum atomic E-state index is 8.97. The van der Waals surface area contributed by atoms with Gasteiger partial charge >= 0.3 is 0 Å². The average Bonchev–Trinajstić information content (AvgIpc) is 2.81. The first-order chi connectivity index (χ1) is 9.26. The number of pyridine rings is 1. The van der Waals surface area contributed by atoms with Crippen LogP contribution < -0.4 is 10.2 Å². The zero-order valence-corrected chi connectivity index (χ0v) is 11.0. The van der Waals surface area contributed by atoms with Gasteiger partial charge in [0.15, 0.2) is 6.71 Å². The summed E-state index contributed by atoms with van der Waals surface area (Å²) in [5, 5.41) is 8.97. The van der Waals surface area contributed by atoms with Crippen LogP contribution in [-0.2, 0) is 13.0 Å². The number of aromatic nitrogens is 1.